The maximum atomic E-state index is 11.8. The second kappa shape index (κ2) is 5.90. The quantitative estimate of drug-likeness (QED) is 0.742. The SMILES string of the molecule is COc1cc(NC(=O)NCC2(C(=O)O)CC2)cc(OC)c1. The van der Waals surface area contributed by atoms with Gasteiger partial charge in [0.05, 0.1) is 19.6 Å². The van der Waals surface area contributed by atoms with Crippen molar-refractivity contribution in [1.29, 1.82) is 0 Å². The van der Waals surface area contributed by atoms with E-state index in [0.717, 1.165) is 0 Å². The summed E-state index contributed by atoms with van der Waals surface area (Å²) in [6, 6.07) is 4.52. The van der Waals surface area contributed by atoms with Crippen molar-refractivity contribution in [3.05, 3.63) is 18.2 Å². The molecule has 3 N–H and O–H groups in total. The van der Waals surface area contributed by atoms with E-state index in [9.17, 15) is 9.59 Å². The van der Waals surface area contributed by atoms with E-state index in [2.05, 4.69) is 10.6 Å². The number of methoxy groups -OCH3 is 2. The van der Waals surface area contributed by atoms with E-state index in [4.69, 9.17) is 14.6 Å². The molecule has 0 bridgehead atoms. The summed E-state index contributed by atoms with van der Waals surface area (Å²) >= 11 is 0. The van der Waals surface area contributed by atoms with Crippen LogP contribution in [0.15, 0.2) is 18.2 Å². The van der Waals surface area contributed by atoms with Crippen LogP contribution in [-0.4, -0.2) is 37.9 Å². The van der Waals surface area contributed by atoms with Crippen LogP contribution in [0, 0.1) is 5.41 Å². The number of nitrogens with one attached hydrogen (secondary N) is 2. The Hall–Kier alpha value is -2.44. The number of rotatable bonds is 6. The molecule has 0 spiro atoms. The zero-order valence-electron chi connectivity index (χ0n) is 11.9. The lowest BCUT2D eigenvalue weighted by molar-refractivity contribution is -0.143. The summed E-state index contributed by atoms with van der Waals surface area (Å²) in [5.74, 6) is 0.230. The average molecular weight is 294 g/mol. The fourth-order valence-corrected chi connectivity index (χ4v) is 1.92. The second-order valence-electron chi connectivity index (χ2n) is 4.99. The molecular formula is C14H18N2O5. The molecule has 0 saturated heterocycles. The Morgan fingerprint density at radius 1 is 1.19 bits per heavy atom. The van der Waals surface area contributed by atoms with Gasteiger partial charge in [-0.2, -0.15) is 0 Å². The number of aliphatic carboxylic acids is 1. The van der Waals surface area contributed by atoms with Gasteiger partial charge in [-0.15, -0.1) is 0 Å². The molecule has 2 rings (SSSR count). The van der Waals surface area contributed by atoms with Crippen molar-refractivity contribution in [1.82, 2.24) is 5.32 Å². The Balaban J connectivity index is 1.95. The van der Waals surface area contributed by atoms with Crippen molar-refractivity contribution >= 4 is 17.7 Å². The Kier molecular flexibility index (Phi) is 4.21. The molecule has 1 aromatic rings. The first kappa shape index (κ1) is 15.0. The van der Waals surface area contributed by atoms with Crippen LogP contribution in [-0.2, 0) is 4.79 Å². The van der Waals surface area contributed by atoms with Gasteiger partial charge in [-0.3, -0.25) is 4.79 Å². The highest BCUT2D eigenvalue weighted by Gasteiger charge is 2.50. The molecule has 1 aliphatic carbocycles. The maximum Gasteiger partial charge on any atom is 0.319 e. The molecule has 2 amide bonds. The molecule has 1 aromatic carbocycles. The van der Waals surface area contributed by atoms with Gasteiger partial charge < -0.3 is 25.2 Å². The molecule has 1 fully saturated rings. The summed E-state index contributed by atoms with van der Waals surface area (Å²) < 4.78 is 10.2. The van der Waals surface area contributed by atoms with E-state index in [1.165, 1.54) is 14.2 Å². The summed E-state index contributed by atoms with van der Waals surface area (Å²) in [4.78, 5) is 22.8. The Morgan fingerprint density at radius 2 is 1.76 bits per heavy atom. The van der Waals surface area contributed by atoms with E-state index < -0.39 is 17.4 Å². The van der Waals surface area contributed by atoms with Crippen molar-refractivity contribution in [2.45, 2.75) is 12.8 Å². The number of amides is 2. The Bertz CT molecular complexity index is 532. The molecule has 7 nitrogen and oxygen atoms in total. The van der Waals surface area contributed by atoms with Gasteiger partial charge >= 0.3 is 12.0 Å². The fourth-order valence-electron chi connectivity index (χ4n) is 1.92. The predicted molar refractivity (Wildman–Crippen MR) is 75.9 cm³/mol. The lowest BCUT2D eigenvalue weighted by atomic mass is 10.1. The van der Waals surface area contributed by atoms with Gasteiger partial charge in [0.15, 0.2) is 0 Å². The molecule has 7 heteroatoms. The largest absolute Gasteiger partial charge is 0.497 e. The van der Waals surface area contributed by atoms with Crippen LogP contribution in [0.5, 0.6) is 11.5 Å². The van der Waals surface area contributed by atoms with Crippen LogP contribution in [0.1, 0.15) is 12.8 Å². The van der Waals surface area contributed by atoms with Crippen molar-refractivity contribution in [2.24, 2.45) is 5.41 Å². The third kappa shape index (κ3) is 3.56. The molecule has 114 valence electrons. The number of hydrogen-bond acceptors (Lipinski definition) is 4. The van der Waals surface area contributed by atoms with E-state index in [1.807, 2.05) is 0 Å². The number of carboxylic acids is 1. The van der Waals surface area contributed by atoms with Gasteiger partial charge in [-0.05, 0) is 12.8 Å². The molecule has 0 unspecified atom stereocenters. The third-order valence-electron chi connectivity index (χ3n) is 3.50. The van der Waals surface area contributed by atoms with Crippen molar-refractivity contribution in [3.8, 4) is 11.5 Å². The highest BCUT2D eigenvalue weighted by atomic mass is 16.5. The minimum atomic E-state index is -0.870. The summed E-state index contributed by atoms with van der Waals surface area (Å²) in [5, 5.41) is 14.2. The monoisotopic (exact) mass is 294 g/mol. The maximum absolute atomic E-state index is 11.8. The number of benzene rings is 1. The van der Waals surface area contributed by atoms with E-state index >= 15 is 0 Å². The van der Waals surface area contributed by atoms with Crippen LogP contribution in [0.25, 0.3) is 0 Å². The number of carbonyl (C=O) groups is 2. The number of carboxylic acid groups (broad SMARTS) is 1. The molecule has 1 aliphatic rings. The number of hydrogen-bond donors (Lipinski definition) is 3. The van der Waals surface area contributed by atoms with Crippen LogP contribution >= 0.6 is 0 Å². The van der Waals surface area contributed by atoms with Crippen LogP contribution in [0.3, 0.4) is 0 Å². The molecule has 21 heavy (non-hydrogen) atoms. The molecule has 0 atom stereocenters. The molecule has 0 aliphatic heterocycles. The van der Waals surface area contributed by atoms with Gasteiger partial charge in [-0.25, -0.2) is 4.79 Å². The minimum absolute atomic E-state index is 0.120. The fraction of sp³-hybridized carbons (Fsp3) is 0.429. The number of carbonyl (C=O) groups excluding carboxylic acids is 1. The number of ether oxygens (including phenoxy) is 2. The molecular weight excluding hydrogens is 276 g/mol. The number of urea groups is 1. The summed E-state index contributed by atoms with van der Waals surface area (Å²) in [6.45, 7) is 0.120. The van der Waals surface area contributed by atoms with Gasteiger partial charge in [0, 0.05) is 30.4 Å². The first-order valence-electron chi connectivity index (χ1n) is 6.50. The number of anilines is 1. The van der Waals surface area contributed by atoms with Crippen LogP contribution in [0.2, 0.25) is 0 Å². The van der Waals surface area contributed by atoms with Gasteiger partial charge in [-0.1, -0.05) is 0 Å². The summed E-state index contributed by atoms with van der Waals surface area (Å²) in [5.41, 5.74) is -0.285. The molecule has 0 heterocycles. The van der Waals surface area contributed by atoms with Gasteiger partial charge in [0.2, 0.25) is 0 Å². The van der Waals surface area contributed by atoms with E-state index in [0.29, 0.717) is 30.0 Å². The first-order valence-corrected chi connectivity index (χ1v) is 6.50. The zero-order valence-corrected chi connectivity index (χ0v) is 11.9. The lowest BCUT2D eigenvalue weighted by Gasteiger charge is -2.13. The molecule has 0 aromatic heterocycles. The summed E-state index contributed by atoms with van der Waals surface area (Å²) in [7, 11) is 3.03. The molecule has 1 saturated carbocycles. The zero-order chi connectivity index (χ0) is 15.5. The second-order valence-corrected chi connectivity index (χ2v) is 4.99. The van der Waals surface area contributed by atoms with Crippen molar-refractivity contribution < 1.29 is 24.2 Å². The highest BCUT2D eigenvalue weighted by Crippen LogP contribution is 2.45. The van der Waals surface area contributed by atoms with Crippen molar-refractivity contribution in [3.63, 3.8) is 0 Å². The molecule has 0 radical (unpaired) electrons. The van der Waals surface area contributed by atoms with Gasteiger partial charge in [0.1, 0.15) is 11.5 Å². The Morgan fingerprint density at radius 3 is 2.19 bits per heavy atom. The first-order chi connectivity index (χ1) is 9.99. The Labute approximate surface area is 122 Å². The standard InChI is InChI=1S/C14H18N2O5/c1-20-10-5-9(6-11(7-10)21-2)16-13(19)15-8-14(3-4-14)12(17)18/h5-7H,3-4,8H2,1-2H3,(H,17,18)(H2,15,16,19). The van der Waals surface area contributed by atoms with Crippen molar-refractivity contribution in [2.75, 3.05) is 26.1 Å². The van der Waals surface area contributed by atoms with Crippen LogP contribution in [0.4, 0.5) is 10.5 Å². The van der Waals surface area contributed by atoms with Crippen LogP contribution < -0.4 is 20.1 Å². The van der Waals surface area contributed by atoms with Gasteiger partial charge in [0.25, 0.3) is 0 Å². The smallest absolute Gasteiger partial charge is 0.319 e. The minimum Gasteiger partial charge on any atom is -0.497 e. The van der Waals surface area contributed by atoms with E-state index in [-0.39, 0.29) is 6.54 Å². The van der Waals surface area contributed by atoms with E-state index in [1.54, 1.807) is 18.2 Å². The normalized spacial score (nSPS) is 15.0. The topological polar surface area (TPSA) is 96.9 Å². The summed E-state index contributed by atoms with van der Waals surface area (Å²) in [6.07, 6.45) is 1.19. The third-order valence-corrected chi connectivity index (χ3v) is 3.50. The predicted octanol–water partition coefficient (Wildman–Crippen LogP) is 1.69. The average Bonchev–Trinajstić information content (AvgIpc) is 3.26. The highest BCUT2D eigenvalue weighted by molar-refractivity contribution is 5.90. The lowest BCUT2D eigenvalue weighted by Crippen LogP contribution is -2.36.